The second-order valence-electron chi connectivity index (χ2n) is 10.2. The molecule has 1 aromatic heterocycles. The van der Waals surface area contributed by atoms with Crippen LogP contribution in [-0.2, 0) is 4.79 Å². The minimum absolute atomic E-state index is 0.0587. The lowest BCUT2D eigenvalue weighted by Crippen LogP contribution is -2.50. The van der Waals surface area contributed by atoms with Crippen molar-refractivity contribution in [3.63, 3.8) is 0 Å². The van der Waals surface area contributed by atoms with Crippen molar-refractivity contribution in [2.75, 3.05) is 20.1 Å². The number of nitrogens with one attached hydrogen (secondary N) is 2. The number of rotatable bonds is 5. The lowest BCUT2D eigenvalue weighted by atomic mass is 9.90. The van der Waals surface area contributed by atoms with Crippen molar-refractivity contribution in [3.8, 4) is 0 Å². The molecule has 2 heterocycles. The number of aromatic amines is 1. The van der Waals surface area contributed by atoms with Crippen molar-refractivity contribution in [2.45, 2.75) is 76.6 Å². The van der Waals surface area contributed by atoms with E-state index in [-0.39, 0.29) is 29.7 Å². The topological polar surface area (TPSA) is 88.7 Å². The van der Waals surface area contributed by atoms with Crippen LogP contribution in [0.15, 0.2) is 18.2 Å². The maximum Gasteiger partial charge on any atom is 0.267 e. The van der Waals surface area contributed by atoms with E-state index >= 15 is 0 Å². The summed E-state index contributed by atoms with van der Waals surface area (Å²) in [7, 11) is 1.77. The molecule has 1 saturated carbocycles. The van der Waals surface area contributed by atoms with Crippen LogP contribution in [0.2, 0.25) is 0 Å². The maximum atomic E-state index is 14.1. The van der Waals surface area contributed by atoms with Gasteiger partial charge in [0.05, 0.1) is 5.52 Å². The van der Waals surface area contributed by atoms with Crippen LogP contribution >= 0.6 is 0 Å². The number of likely N-dealkylation sites (N-methyl/N-ethyl adjacent to an activating group) is 1. The molecule has 3 atom stereocenters. The molecule has 1 aliphatic carbocycles. The van der Waals surface area contributed by atoms with E-state index in [0.717, 1.165) is 50.8 Å². The second kappa shape index (κ2) is 9.06. The Kier molecular flexibility index (Phi) is 6.51. The number of hydrogen-bond donors (Lipinski definition) is 3. The first kappa shape index (κ1) is 23.7. The zero-order valence-corrected chi connectivity index (χ0v) is 19.9. The van der Waals surface area contributed by atoms with Gasteiger partial charge in [-0.1, -0.05) is 6.07 Å². The SMILES string of the molecule is Cc1ccc(F)c2cc(C(=O)N[C@@H]3CCC[C@H](N4CC[C@H](N(C)C(=O)C(C)(C)O)C4)C3)[nH]c12. The van der Waals surface area contributed by atoms with Crippen molar-refractivity contribution in [1.29, 1.82) is 0 Å². The molecular formula is C25H35FN4O3. The smallest absolute Gasteiger partial charge is 0.267 e. The first-order valence-electron chi connectivity index (χ1n) is 11.9. The molecule has 4 rings (SSSR count). The highest BCUT2D eigenvalue weighted by atomic mass is 19.1. The van der Waals surface area contributed by atoms with Crippen molar-refractivity contribution < 1.29 is 19.1 Å². The Morgan fingerprint density at radius 3 is 2.73 bits per heavy atom. The summed E-state index contributed by atoms with van der Waals surface area (Å²) in [5.74, 6) is -0.793. The molecule has 3 N–H and O–H groups in total. The molecular weight excluding hydrogens is 423 g/mol. The normalized spacial score (nSPS) is 24.2. The number of likely N-dealkylation sites (tertiary alicyclic amines) is 1. The van der Waals surface area contributed by atoms with E-state index in [2.05, 4.69) is 15.2 Å². The summed E-state index contributed by atoms with van der Waals surface area (Å²) in [6.45, 7) is 6.62. The van der Waals surface area contributed by atoms with E-state index in [9.17, 15) is 19.1 Å². The zero-order valence-electron chi connectivity index (χ0n) is 19.9. The molecule has 2 aliphatic rings. The third kappa shape index (κ3) is 4.92. The Balaban J connectivity index is 1.36. The van der Waals surface area contributed by atoms with Gasteiger partial charge in [0.1, 0.15) is 17.1 Å². The van der Waals surface area contributed by atoms with Crippen LogP contribution in [0.4, 0.5) is 4.39 Å². The van der Waals surface area contributed by atoms with Gasteiger partial charge in [0, 0.05) is 43.6 Å². The van der Waals surface area contributed by atoms with Gasteiger partial charge < -0.3 is 20.3 Å². The van der Waals surface area contributed by atoms with E-state index in [1.165, 1.54) is 19.9 Å². The number of hydrogen-bond acceptors (Lipinski definition) is 4. The standard InChI is InChI=1S/C25H35FN4O3/c1-15-8-9-20(26)19-13-21(28-22(15)19)23(31)27-16-6-5-7-17(12-16)30-11-10-18(14-30)29(4)24(32)25(2,3)33/h8-9,13,16-18,28,33H,5-7,10-12,14H2,1-4H3,(H,27,31)/t16-,17+,18+/m1/s1. The summed E-state index contributed by atoms with van der Waals surface area (Å²) in [4.78, 5) is 32.5. The summed E-state index contributed by atoms with van der Waals surface area (Å²) >= 11 is 0. The molecule has 1 saturated heterocycles. The molecule has 180 valence electrons. The molecule has 2 fully saturated rings. The molecule has 2 aromatic rings. The number of fused-ring (bicyclic) bond motifs is 1. The fourth-order valence-corrected chi connectivity index (χ4v) is 5.35. The minimum Gasteiger partial charge on any atom is -0.381 e. The van der Waals surface area contributed by atoms with Crippen LogP contribution in [0, 0.1) is 12.7 Å². The van der Waals surface area contributed by atoms with Gasteiger partial charge in [0.2, 0.25) is 0 Å². The Labute approximate surface area is 194 Å². The average Bonchev–Trinajstić information content (AvgIpc) is 3.43. The monoisotopic (exact) mass is 458 g/mol. The number of amides is 2. The molecule has 0 radical (unpaired) electrons. The molecule has 8 heteroatoms. The number of aliphatic hydroxyl groups is 1. The number of H-pyrrole nitrogens is 1. The molecule has 7 nitrogen and oxygen atoms in total. The summed E-state index contributed by atoms with van der Waals surface area (Å²) in [5, 5.41) is 13.6. The van der Waals surface area contributed by atoms with Gasteiger partial charge in [-0.25, -0.2) is 4.39 Å². The number of aryl methyl sites for hydroxylation is 1. The van der Waals surface area contributed by atoms with E-state index in [0.29, 0.717) is 22.6 Å². The number of halogens is 1. The molecule has 1 aliphatic heterocycles. The van der Waals surface area contributed by atoms with Crippen molar-refractivity contribution >= 4 is 22.7 Å². The summed E-state index contributed by atoms with van der Waals surface area (Å²) in [6, 6.07) is 5.22. The van der Waals surface area contributed by atoms with E-state index in [1.54, 1.807) is 24.1 Å². The quantitative estimate of drug-likeness (QED) is 0.643. The molecule has 0 spiro atoms. The number of aromatic nitrogens is 1. The third-order valence-corrected chi connectivity index (χ3v) is 7.28. The van der Waals surface area contributed by atoms with Gasteiger partial charge in [0.25, 0.3) is 11.8 Å². The van der Waals surface area contributed by atoms with Gasteiger partial charge in [-0.2, -0.15) is 0 Å². The largest absolute Gasteiger partial charge is 0.381 e. The third-order valence-electron chi connectivity index (χ3n) is 7.28. The van der Waals surface area contributed by atoms with Crippen molar-refractivity contribution in [1.82, 2.24) is 20.1 Å². The van der Waals surface area contributed by atoms with Gasteiger partial charge >= 0.3 is 0 Å². The molecule has 33 heavy (non-hydrogen) atoms. The summed E-state index contributed by atoms with van der Waals surface area (Å²) in [6.07, 6.45) is 4.75. The Bertz CT molecular complexity index is 1010. The first-order chi connectivity index (χ1) is 15.5. The van der Waals surface area contributed by atoms with E-state index in [4.69, 9.17) is 0 Å². The average molecular weight is 459 g/mol. The highest BCUT2D eigenvalue weighted by molar-refractivity contribution is 5.99. The van der Waals surface area contributed by atoms with Crippen LogP contribution in [-0.4, -0.2) is 75.6 Å². The van der Waals surface area contributed by atoms with Gasteiger partial charge in [0.15, 0.2) is 0 Å². The summed E-state index contributed by atoms with van der Waals surface area (Å²) < 4.78 is 14.1. The molecule has 0 bridgehead atoms. The summed E-state index contributed by atoms with van der Waals surface area (Å²) in [5.41, 5.74) is 0.578. The van der Waals surface area contributed by atoms with E-state index < -0.39 is 5.60 Å². The van der Waals surface area contributed by atoms with Crippen molar-refractivity contribution in [2.24, 2.45) is 0 Å². The molecule has 2 amide bonds. The predicted molar refractivity (Wildman–Crippen MR) is 126 cm³/mol. The first-order valence-corrected chi connectivity index (χ1v) is 11.9. The number of carbonyl (C=O) groups is 2. The Morgan fingerprint density at radius 1 is 1.27 bits per heavy atom. The molecule has 0 unspecified atom stereocenters. The molecule has 1 aromatic carbocycles. The Hall–Kier alpha value is -2.45. The maximum absolute atomic E-state index is 14.1. The lowest BCUT2D eigenvalue weighted by molar-refractivity contribution is -0.148. The fourth-order valence-electron chi connectivity index (χ4n) is 5.35. The number of benzene rings is 1. The minimum atomic E-state index is -1.37. The fraction of sp³-hybridized carbons (Fsp3) is 0.600. The van der Waals surface area contributed by atoms with Crippen LogP contribution in [0.1, 0.15) is 62.0 Å². The highest BCUT2D eigenvalue weighted by Crippen LogP contribution is 2.29. The van der Waals surface area contributed by atoms with E-state index in [1.807, 2.05) is 6.92 Å². The number of carbonyl (C=O) groups excluding carboxylic acids is 2. The van der Waals surface area contributed by atoms with Crippen LogP contribution in [0.3, 0.4) is 0 Å². The second-order valence-corrected chi connectivity index (χ2v) is 10.2. The predicted octanol–water partition coefficient (Wildman–Crippen LogP) is 2.96. The highest BCUT2D eigenvalue weighted by Gasteiger charge is 2.37. The van der Waals surface area contributed by atoms with Crippen LogP contribution in [0.25, 0.3) is 10.9 Å². The Morgan fingerprint density at radius 2 is 2.03 bits per heavy atom. The van der Waals surface area contributed by atoms with Crippen molar-refractivity contribution in [3.05, 3.63) is 35.3 Å². The van der Waals surface area contributed by atoms with Gasteiger partial charge in [-0.05, 0) is 70.6 Å². The van der Waals surface area contributed by atoms with Crippen LogP contribution in [0.5, 0.6) is 0 Å². The van der Waals surface area contributed by atoms with Crippen LogP contribution < -0.4 is 5.32 Å². The zero-order chi connectivity index (χ0) is 23.9. The number of nitrogens with zero attached hydrogens (tertiary/aromatic N) is 2. The lowest BCUT2D eigenvalue weighted by Gasteiger charge is -2.36. The van der Waals surface area contributed by atoms with Gasteiger partial charge in [-0.15, -0.1) is 0 Å². The van der Waals surface area contributed by atoms with Gasteiger partial charge in [-0.3, -0.25) is 14.5 Å².